The minimum absolute atomic E-state index is 0.0825. The molecule has 1 aliphatic heterocycles. The number of nitrogen functional groups attached to an aromatic ring is 1. The molecule has 0 aliphatic carbocycles. The third-order valence-corrected chi connectivity index (χ3v) is 3.97. The van der Waals surface area contributed by atoms with Crippen LogP contribution in [0.4, 0.5) is 11.4 Å². The molecule has 3 nitrogen and oxygen atoms in total. The number of anilines is 2. The number of aryl methyl sites for hydroxylation is 2. The van der Waals surface area contributed by atoms with Crippen LogP contribution in [0.3, 0.4) is 0 Å². The predicted molar refractivity (Wildman–Crippen MR) is 82.2 cm³/mol. The Kier molecular flexibility index (Phi) is 2.97. The van der Waals surface area contributed by atoms with Gasteiger partial charge in [0.15, 0.2) is 0 Å². The molecule has 0 radical (unpaired) electrons. The molecule has 0 spiro atoms. The Hall–Kier alpha value is -2.29. The molecule has 2 N–H and O–H groups in total. The van der Waals surface area contributed by atoms with Crippen molar-refractivity contribution >= 4 is 17.3 Å². The van der Waals surface area contributed by atoms with Gasteiger partial charge < -0.3 is 10.6 Å². The largest absolute Gasteiger partial charge is 0.399 e. The van der Waals surface area contributed by atoms with E-state index >= 15 is 0 Å². The van der Waals surface area contributed by atoms with Crippen molar-refractivity contribution < 1.29 is 4.79 Å². The lowest BCUT2D eigenvalue weighted by atomic mass is 9.97. The zero-order valence-corrected chi connectivity index (χ0v) is 11.8. The Bertz CT molecular complexity index is 691. The number of nitrogens with two attached hydrogens (primary N) is 1. The first-order chi connectivity index (χ1) is 9.58. The molecule has 3 heteroatoms. The van der Waals surface area contributed by atoms with Gasteiger partial charge in [0.1, 0.15) is 0 Å². The molecule has 0 saturated heterocycles. The summed E-state index contributed by atoms with van der Waals surface area (Å²) in [6.07, 6.45) is 0.894. The Morgan fingerprint density at radius 2 is 1.85 bits per heavy atom. The molecular formula is C17H18N2O. The summed E-state index contributed by atoms with van der Waals surface area (Å²) in [4.78, 5) is 14.5. The second-order valence-corrected chi connectivity index (χ2v) is 5.36. The van der Waals surface area contributed by atoms with E-state index in [0.717, 1.165) is 46.6 Å². The van der Waals surface area contributed by atoms with E-state index in [1.54, 1.807) is 0 Å². The van der Waals surface area contributed by atoms with E-state index in [2.05, 4.69) is 0 Å². The average molecular weight is 266 g/mol. The topological polar surface area (TPSA) is 46.3 Å². The molecule has 2 aromatic rings. The van der Waals surface area contributed by atoms with Crippen LogP contribution in [0.25, 0.3) is 0 Å². The van der Waals surface area contributed by atoms with Crippen molar-refractivity contribution in [1.29, 1.82) is 0 Å². The van der Waals surface area contributed by atoms with Gasteiger partial charge in [0.05, 0.1) is 0 Å². The minimum atomic E-state index is 0.0825. The van der Waals surface area contributed by atoms with Gasteiger partial charge in [-0.15, -0.1) is 0 Å². The van der Waals surface area contributed by atoms with Crippen molar-refractivity contribution in [2.24, 2.45) is 0 Å². The number of carbonyl (C=O) groups is 1. The van der Waals surface area contributed by atoms with Crippen molar-refractivity contribution in [1.82, 2.24) is 0 Å². The molecule has 0 atom stereocenters. The second-order valence-electron chi connectivity index (χ2n) is 5.36. The van der Waals surface area contributed by atoms with E-state index in [-0.39, 0.29) is 5.91 Å². The fraction of sp³-hybridized carbons (Fsp3) is 0.235. The van der Waals surface area contributed by atoms with Gasteiger partial charge in [-0.05, 0) is 55.2 Å². The van der Waals surface area contributed by atoms with E-state index in [9.17, 15) is 4.79 Å². The first-order valence-corrected chi connectivity index (χ1v) is 6.84. The average Bonchev–Trinajstić information content (AvgIpc) is 2.44. The Labute approximate surface area is 119 Å². The standard InChI is InChI=1S/C17H18N2O/c1-11-10-16(12(2)9-15(11)18)19-8-7-13-5-3-4-6-14(13)17(19)20/h3-6,9-10H,7-8,18H2,1-2H3. The van der Waals surface area contributed by atoms with Crippen LogP contribution >= 0.6 is 0 Å². The van der Waals surface area contributed by atoms with E-state index in [1.807, 2.05) is 55.1 Å². The highest BCUT2D eigenvalue weighted by Crippen LogP contribution is 2.30. The maximum Gasteiger partial charge on any atom is 0.258 e. The first kappa shape index (κ1) is 12.7. The molecule has 0 unspecified atom stereocenters. The van der Waals surface area contributed by atoms with Crippen molar-refractivity contribution in [3.8, 4) is 0 Å². The summed E-state index contributed by atoms with van der Waals surface area (Å²) >= 11 is 0. The number of nitrogens with zero attached hydrogens (tertiary/aromatic N) is 1. The summed E-state index contributed by atoms with van der Waals surface area (Å²) in [5.41, 5.74) is 11.7. The zero-order valence-electron chi connectivity index (χ0n) is 11.8. The zero-order chi connectivity index (χ0) is 14.3. The first-order valence-electron chi connectivity index (χ1n) is 6.84. The summed E-state index contributed by atoms with van der Waals surface area (Å²) in [6.45, 7) is 4.69. The van der Waals surface area contributed by atoms with Crippen molar-refractivity contribution in [2.45, 2.75) is 20.3 Å². The molecule has 0 aromatic heterocycles. The highest BCUT2D eigenvalue weighted by molar-refractivity contribution is 6.08. The van der Waals surface area contributed by atoms with Crippen LogP contribution in [-0.2, 0) is 6.42 Å². The molecule has 0 saturated carbocycles. The number of hydrogen-bond acceptors (Lipinski definition) is 2. The fourth-order valence-corrected chi connectivity index (χ4v) is 2.77. The molecule has 3 rings (SSSR count). The van der Waals surface area contributed by atoms with Crippen molar-refractivity contribution in [3.63, 3.8) is 0 Å². The van der Waals surface area contributed by atoms with Gasteiger partial charge in [-0.1, -0.05) is 18.2 Å². The molecule has 20 heavy (non-hydrogen) atoms. The van der Waals surface area contributed by atoms with Gasteiger partial charge in [-0.2, -0.15) is 0 Å². The summed E-state index contributed by atoms with van der Waals surface area (Å²) < 4.78 is 0. The van der Waals surface area contributed by atoms with E-state index in [4.69, 9.17) is 5.73 Å². The number of hydrogen-bond donors (Lipinski definition) is 1. The predicted octanol–water partition coefficient (Wildman–Crippen LogP) is 3.09. The number of fused-ring (bicyclic) bond motifs is 1. The quantitative estimate of drug-likeness (QED) is 0.806. The van der Waals surface area contributed by atoms with Gasteiger partial charge in [-0.25, -0.2) is 0 Å². The third kappa shape index (κ3) is 1.95. The van der Waals surface area contributed by atoms with Gasteiger partial charge >= 0.3 is 0 Å². The van der Waals surface area contributed by atoms with Crippen molar-refractivity contribution in [3.05, 3.63) is 58.7 Å². The van der Waals surface area contributed by atoms with Crippen LogP contribution in [0.15, 0.2) is 36.4 Å². The second kappa shape index (κ2) is 4.67. The highest BCUT2D eigenvalue weighted by Gasteiger charge is 2.26. The van der Waals surface area contributed by atoms with Gasteiger partial charge in [0.25, 0.3) is 5.91 Å². The monoisotopic (exact) mass is 266 g/mol. The Balaban J connectivity index is 2.05. The lowest BCUT2D eigenvalue weighted by Crippen LogP contribution is -2.38. The minimum Gasteiger partial charge on any atom is -0.399 e. The summed E-state index contributed by atoms with van der Waals surface area (Å²) in [6, 6.07) is 11.8. The molecular weight excluding hydrogens is 248 g/mol. The SMILES string of the molecule is Cc1cc(N2CCc3ccccc3C2=O)c(C)cc1N. The summed E-state index contributed by atoms with van der Waals surface area (Å²) in [5.74, 6) is 0.0825. The lowest BCUT2D eigenvalue weighted by molar-refractivity contribution is 0.0980. The van der Waals surface area contributed by atoms with Crippen LogP contribution in [0, 0.1) is 13.8 Å². The highest BCUT2D eigenvalue weighted by atomic mass is 16.2. The fourth-order valence-electron chi connectivity index (χ4n) is 2.77. The van der Waals surface area contributed by atoms with Gasteiger partial charge in [0.2, 0.25) is 0 Å². The van der Waals surface area contributed by atoms with Crippen LogP contribution in [0.2, 0.25) is 0 Å². The van der Waals surface area contributed by atoms with Crippen LogP contribution in [0.5, 0.6) is 0 Å². The molecule has 1 amide bonds. The smallest absolute Gasteiger partial charge is 0.258 e. The van der Waals surface area contributed by atoms with Gasteiger partial charge in [-0.3, -0.25) is 4.79 Å². The summed E-state index contributed by atoms with van der Waals surface area (Å²) in [5, 5.41) is 0. The van der Waals surface area contributed by atoms with E-state index in [1.165, 1.54) is 0 Å². The number of benzene rings is 2. The Morgan fingerprint density at radius 3 is 2.65 bits per heavy atom. The van der Waals surface area contributed by atoms with Crippen molar-refractivity contribution in [2.75, 3.05) is 17.2 Å². The van der Waals surface area contributed by atoms with Crippen LogP contribution < -0.4 is 10.6 Å². The molecule has 0 bridgehead atoms. The molecule has 2 aromatic carbocycles. The van der Waals surface area contributed by atoms with Gasteiger partial charge in [0, 0.05) is 23.5 Å². The molecule has 1 heterocycles. The van der Waals surface area contributed by atoms with Crippen LogP contribution in [0.1, 0.15) is 27.0 Å². The normalized spacial score (nSPS) is 14.3. The van der Waals surface area contributed by atoms with E-state index in [0.29, 0.717) is 0 Å². The maximum absolute atomic E-state index is 12.7. The number of amides is 1. The summed E-state index contributed by atoms with van der Waals surface area (Å²) in [7, 11) is 0. The third-order valence-electron chi connectivity index (χ3n) is 3.97. The Morgan fingerprint density at radius 1 is 1.10 bits per heavy atom. The van der Waals surface area contributed by atoms with E-state index < -0.39 is 0 Å². The molecule has 102 valence electrons. The lowest BCUT2D eigenvalue weighted by Gasteiger charge is -2.30. The van der Waals surface area contributed by atoms with Crippen LogP contribution in [-0.4, -0.2) is 12.5 Å². The number of carbonyl (C=O) groups excluding carboxylic acids is 1. The number of rotatable bonds is 1. The molecule has 0 fully saturated rings. The maximum atomic E-state index is 12.7. The molecule has 1 aliphatic rings.